The SMILES string of the molecule is CCOC(=O)c1ccc(N2C(=O)C3Sc4[nH]c(=S)sc4C(c4ccc(F)cc4)C3C2=O)cc1. The molecule has 0 aliphatic carbocycles. The Labute approximate surface area is 201 Å². The first-order valence-corrected chi connectivity index (χ1v) is 12.3. The van der Waals surface area contributed by atoms with E-state index in [1.807, 2.05) is 0 Å². The van der Waals surface area contributed by atoms with Crippen LogP contribution in [0.1, 0.15) is 33.6 Å². The van der Waals surface area contributed by atoms with Crippen molar-refractivity contribution in [3.05, 3.63) is 74.3 Å². The van der Waals surface area contributed by atoms with Gasteiger partial charge in [0, 0.05) is 10.8 Å². The van der Waals surface area contributed by atoms with Gasteiger partial charge in [-0.1, -0.05) is 23.9 Å². The molecule has 3 heterocycles. The third kappa shape index (κ3) is 3.71. The Morgan fingerprint density at radius 1 is 1.12 bits per heavy atom. The Balaban J connectivity index is 1.54. The zero-order valence-corrected chi connectivity index (χ0v) is 19.7. The molecular weight excluding hydrogens is 483 g/mol. The van der Waals surface area contributed by atoms with Crippen LogP contribution in [0.15, 0.2) is 53.6 Å². The summed E-state index contributed by atoms with van der Waals surface area (Å²) < 4.78 is 19.1. The van der Waals surface area contributed by atoms with Crippen molar-refractivity contribution >= 4 is 58.8 Å². The first kappa shape index (κ1) is 22.0. The van der Waals surface area contributed by atoms with Crippen LogP contribution in [0, 0.1) is 15.7 Å². The Morgan fingerprint density at radius 3 is 2.48 bits per heavy atom. The number of benzene rings is 2. The van der Waals surface area contributed by atoms with E-state index in [1.54, 1.807) is 31.2 Å². The molecule has 2 aliphatic heterocycles. The number of H-pyrrole nitrogens is 1. The summed E-state index contributed by atoms with van der Waals surface area (Å²) in [6, 6.07) is 12.2. The average molecular weight is 501 g/mol. The number of hydrogen-bond donors (Lipinski definition) is 1. The molecule has 168 valence electrons. The molecule has 2 aromatic carbocycles. The number of thiazole rings is 1. The van der Waals surface area contributed by atoms with E-state index in [9.17, 15) is 18.8 Å². The number of anilines is 1. The first-order chi connectivity index (χ1) is 15.9. The van der Waals surface area contributed by atoms with Gasteiger partial charge in [0.1, 0.15) is 11.1 Å². The Kier molecular flexibility index (Phi) is 5.67. The minimum atomic E-state index is -0.661. The van der Waals surface area contributed by atoms with Crippen molar-refractivity contribution in [3.63, 3.8) is 0 Å². The maximum absolute atomic E-state index is 13.6. The Hall–Kier alpha value is -2.82. The largest absolute Gasteiger partial charge is 0.462 e. The van der Waals surface area contributed by atoms with Gasteiger partial charge in [-0.05, 0) is 61.1 Å². The van der Waals surface area contributed by atoms with E-state index in [4.69, 9.17) is 17.0 Å². The Bertz CT molecular complexity index is 1320. The van der Waals surface area contributed by atoms with Crippen molar-refractivity contribution < 1.29 is 23.5 Å². The van der Waals surface area contributed by atoms with E-state index in [0.717, 1.165) is 15.5 Å². The van der Waals surface area contributed by atoms with Gasteiger partial charge in [0.15, 0.2) is 3.95 Å². The van der Waals surface area contributed by atoms with Gasteiger partial charge in [-0.15, -0.1) is 11.3 Å². The van der Waals surface area contributed by atoms with Gasteiger partial charge < -0.3 is 9.72 Å². The summed E-state index contributed by atoms with van der Waals surface area (Å²) >= 11 is 7.99. The number of thioether (sulfide) groups is 1. The molecule has 3 aromatic rings. The van der Waals surface area contributed by atoms with Crippen molar-refractivity contribution in [1.82, 2.24) is 4.98 Å². The van der Waals surface area contributed by atoms with Crippen LogP contribution < -0.4 is 4.90 Å². The van der Waals surface area contributed by atoms with Crippen molar-refractivity contribution in [2.24, 2.45) is 5.92 Å². The molecule has 1 aromatic heterocycles. The standard InChI is InChI=1S/C23H17FN2O4S3/c1-2-30-22(29)12-5-9-14(10-6-12)26-20(27)16-15(11-3-7-13(24)8-4-11)17-19(25-23(31)33-17)32-18(16)21(26)28/h3-10,15-16,18H,2H2,1H3,(H,25,31). The number of aromatic amines is 1. The normalized spacial score (nSPS) is 21.6. The third-order valence-electron chi connectivity index (χ3n) is 5.69. The molecule has 0 saturated carbocycles. The molecule has 0 bridgehead atoms. The number of nitrogens with zero attached hydrogens (tertiary/aromatic N) is 1. The average Bonchev–Trinajstić information content (AvgIpc) is 3.29. The van der Waals surface area contributed by atoms with Gasteiger partial charge in [0.25, 0.3) is 0 Å². The second-order valence-corrected chi connectivity index (χ2v) is 10.5. The molecule has 0 radical (unpaired) electrons. The lowest BCUT2D eigenvalue weighted by molar-refractivity contribution is -0.122. The number of amides is 2. The fourth-order valence-electron chi connectivity index (χ4n) is 4.26. The molecule has 1 fully saturated rings. The van der Waals surface area contributed by atoms with Gasteiger partial charge in [0.2, 0.25) is 11.8 Å². The second-order valence-electron chi connectivity index (χ2n) is 7.58. The van der Waals surface area contributed by atoms with Crippen LogP contribution in [0.5, 0.6) is 0 Å². The van der Waals surface area contributed by atoms with Crippen LogP contribution in [0.3, 0.4) is 0 Å². The van der Waals surface area contributed by atoms with Crippen LogP contribution >= 0.6 is 35.3 Å². The highest BCUT2D eigenvalue weighted by Gasteiger charge is 2.56. The molecule has 5 rings (SSSR count). The number of carbonyl (C=O) groups excluding carboxylic acids is 3. The minimum absolute atomic E-state index is 0.252. The van der Waals surface area contributed by atoms with E-state index in [-0.39, 0.29) is 24.2 Å². The number of hydrogen-bond acceptors (Lipinski definition) is 7. The Morgan fingerprint density at radius 2 is 1.82 bits per heavy atom. The van der Waals surface area contributed by atoms with E-state index in [1.165, 1.54) is 52.3 Å². The summed E-state index contributed by atoms with van der Waals surface area (Å²) in [6.07, 6.45) is 0. The minimum Gasteiger partial charge on any atom is -0.462 e. The van der Waals surface area contributed by atoms with E-state index < -0.39 is 23.1 Å². The zero-order valence-electron chi connectivity index (χ0n) is 17.2. The fraction of sp³-hybridized carbons (Fsp3) is 0.217. The van der Waals surface area contributed by atoms with Gasteiger partial charge >= 0.3 is 5.97 Å². The van der Waals surface area contributed by atoms with Gasteiger partial charge in [0.05, 0.1) is 28.8 Å². The second kappa shape index (κ2) is 8.51. The quantitative estimate of drug-likeness (QED) is 0.311. The molecule has 1 N–H and O–H groups in total. The fourth-order valence-corrected chi connectivity index (χ4v) is 7.22. The molecule has 3 atom stereocenters. The van der Waals surface area contributed by atoms with Crippen molar-refractivity contribution in [2.45, 2.75) is 23.1 Å². The summed E-state index contributed by atoms with van der Waals surface area (Å²) in [5.74, 6) is -2.59. The molecule has 10 heteroatoms. The van der Waals surface area contributed by atoms with Gasteiger partial charge in [-0.2, -0.15) is 0 Å². The smallest absolute Gasteiger partial charge is 0.338 e. The maximum Gasteiger partial charge on any atom is 0.338 e. The number of nitrogens with one attached hydrogen (secondary N) is 1. The highest BCUT2D eigenvalue weighted by Crippen LogP contribution is 2.53. The molecule has 33 heavy (non-hydrogen) atoms. The number of carbonyl (C=O) groups is 3. The number of aromatic nitrogens is 1. The zero-order chi connectivity index (χ0) is 23.3. The van der Waals surface area contributed by atoms with E-state index in [0.29, 0.717) is 15.2 Å². The number of imide groups is 1. The molecule has 1 saturated heterocycles. The summed E-state index contributed by atoms with van der Waals surface area (Å²) in [5.41, 5.74) is 1.48. The van der Waals surface area contributed by atoms with E-state index in [2.05, 4.69) is 4.98 Å². The first-order valence-electron chi connectivity index (χ1n) is 10.2. The molecule has 3 unspecified atom stereocenters. The number of ether oxygens (including phenoxy) is 1. The lowest BCUT2D eigenvalue weighted by Gasteiger charge is -2.29. The highest BCUT2D eigenvalue weighted by atomic mass is 32.2. The summed E-state index contributed by atoms with van der Waals surface area (Å²) in [4.78, 5) is 44.2. The lowest BCUT2D eigenvalue weighted by Crippen LogP contribution is -2.32. The lowest BCUT2D eigenvalue weighted by atomic mass is 9.83. The monoisotopic (exact) mass is 500 g/mol. The molecule has 2 aliphatic rings. The van der Waals surface area contributed by atoms with Crippen molar-refractivity contribution in [3.8, 4) is 0 Å². The van der Waals surface area contributed by atoms with Gasteiger partial charge in [-0.25, -0.2) is 14.1 Å². The highest BCUT2D eigenvalue weighted by molar-refractivity contribution is 8.01. The topological polar surface area (TPSA) is 79.5 Å². The predicted octanol–water partition coefficient (Wildman–Crippen LogP) is 4.92. The van der Waals surface area contributed by atoms with Crippen LogP contribution in [0.25, 0.3) is 0 Å². The molecule has 6 nitrogen and oxygen atoms in total. The van der Waals surface area contributed by atoms with Crippen molar-refractivity contribution in [2.75, 3.05) is 11.5 Å². The number of fused-ring (bicyclic) bond motifs is 2. The third-order valence-corrected chi connectivity index (χ3v) is 8.44. The van der Waals surface area contributed by atoms with Crippen LogP contribution in [0.4, 0.5) is 10.1 Å². The maximum atomic E-state index is 13.6. The summed E-state index contributed by atoms with van der Waals surface area (Å²) in [7, 11) is 0. The van der Waals surface area contributed by atoms with Crippen LogP contribution in [-0.4, -0.2) is 34.6 Å². The van der Waals surface area contributed by atoms with Gasteiger partial charge in [-0.3, -0.25) is 9.59 Å². The van der Waals surface area contributed by atoms with Crippen LogP contribution in [-0.2, 0) is 14.3 Å². The predicted molar refractivity (Wildman–Crippen MR) is 126 cm³/mol. The number of rotatable bonds is 4. The molecular formula is C23H17FN2O4S3. The molecule has 0 spiro atoms. The molecule has 2 amide bonds. The van der Waals surface area contributed by atoms with Crippen LogP contribution in [0.2, 0.25) is 0 Å². The number of esters is 1. The van der Waals surface area contributed by atoms with E-state index >= 15 is 0 Å². The number of halogens is 1. The summed E-state index contributed by atoms with van der Waals surface area (Å²) in [5, 5.41) is 0.117. The summed E-state index contributed by atoms with van der Waals surface area (Å²) in [6.45, 7) is 1.97. The van der Waals surface area contributed by atoms with Crippen molar-refractivity contribution in [1.29, 1.82) is 0 Å².